The molecule has 0 saturated carbocycles. The first-order valence-electron chi connectivity index (χ1n) is 10.7. The molecular weight excluding hydrogens is 396 g/mol. The number of hydrogen-bond donors (Lipinski definition) is 1. The van der Waals surface area contributed by atoms with E-state index in [1.54, 1.807) is 24.3 Å². The summed E-state index contributed by atoms with van der Waals surface area (Å²) < 4.78 is 11.3. The Morgan fingerprint density at radius 3 is 2.42 bits per heavy atom. The van der Waals surface area contributed by atoms with Gasteiger partial charge in [-0.2, -0.15) is 0 Å². The van der Waals surface area contributed by atoms with Crippen LogP contribution in [0.4, 0.5) is 0 Å². The van der Waals surface area contributed by atoms with Gasteiger partial charge >= 0.3 is 0 Å². The van der Waals surface area contributed by atoms with Gasteiger partial charge in [-0.1, -0.05) is 24.3 Å². The number of ether oxygens (including phenoxy) is 2. The van der Waals surface area contributed by atoms with Gasteiger partial charge in [0, 0.05) is 26.1 Å². The maximum absolute atomic E-state index is 12.3. The van der Waals surface area contributed by atoms with E-state index in [4.69, 9.17) is 9.47 Å². The minimum Gasteiger partial charge on any atom is -0.491 e. The van der Waals surface area contributed by atoms with Crippen molar-refractivity contribution in [3.63, 3.8) is 0 Å². The molecule has 1 unspecified atom stereocenters. The van der Waals surface area contributed by atoms with Gasteiger partial charge in [0.15, 0.2) is 0 Å². The number of carbonyl (C=O) groups excluding carboxylic acids is 3. The predicted octanol–water partition coefficient (Wildman–Crippen LogP) is 2.94. The van der Waals surface area contributed by atoms with Gasteiger partial charge in [-0.25, -0.2) is 0 Å². The molecule has 2 aliphatic heterocycles. The van der Waals surface area contributed by atoms with Gasteiger partial charge in [-0.3, -0.25) is 19.3 Å². The first-order chi connectivity index (χ1) is 15.1. The monoisotopic (exact) mass is 422 g/mol. The Labute approximate surface area is 181 Å². The molecule has 1 saturated heterocycles. The Morgan fingerprint density at radius 2 is 1.77 bits per heavy atom. The third-order valence-electron chi connectivity index (χ3n) is 5.54. The molecule has 0 radical (unpaired) electrons. The molecule has 0 spiro atoms. The molecule has 2 aromatic rings. The molecule has 162 valence electrons. The number of rotatable bonds is 9. The standard InChI is InChI=1S/C24H26N2O5/c27-22(8-3-13-26-23(28)20-6-1-2-7-21(20)24(26)29)25-15-17-9-11-18(12-10-17)31-16-19-5-4-14-30-19/h1-2,6-7,9-12,19H,3-5,8,13-16H2,(H,25,27). The molecule has 0 aliphatic carbocycles. The molecule has 1 atom stereocenters. The van der Waals surface area contributed by atoms with Crippen molar-refractivity contribution in [2.45, 2.75) is 38.3 Å². The van der Waals surface area contributed by atoms with Gasteiger partial charge in [0.2, 0.25) is 5.91 Å². The SMILES string of the molecule is O=C(CCCN1C(=O)c2ccccc2C1=O)NCc1ccc(OCC2CCCO2)cc1. The number of amides is 3. The molecule has 0 bridgehead atoms. The zero-order valence-electron chi connectivity index (χ0n) is 17.3. The van der Waals surface area contributed by atoms with Crippen molar-refractivity contribution >= 4 is 17.7 Å². The van der Waals surface area contributed by atoms with Crippen LogP contribution in [0.3, 0.4) is 0 Å². The molecule has 2 heterocycles. The second-order valence-electron chi connectivity index (χ2n) is 7.78. The largest absolute Gasteiger partial charge is 0.491 e. The van der Waals surface area contributed by atoms with Crippen LogP contribution in [0.1, 0.15) is 52.0 Å². The summed E-state index contributed by atoms with van der Waals surface area (Å²) in [6.45, 7) is 2.02. The molecule has 2 aliphatic rings. The van der Waals surface area contributed by atoms with Crippen LogP contribution >= 0.6 is 0 Å². The van der Waals surface area contributed by atoms with Gasteiger partial charge < -0.3 is 14.8 Å². The minimum absolute atomic E-state index is 0.115. The van der Waals surface area contributed by atoms with Crippen LogP contribution in [-0.2, 0) is 16.1 Å². The average molecular weight is 422 g/mol. The van der Waals surface area contributed by atoms with Gasteiger partial charge in [-0.15, -0.1) is 0 Å². The highest BCUT2D eigenvalue weighted by Gasteiger charge is 2.34. The van der Waals surface area contributed by atoms with Crippen LogP contribution in [-0.4, -0.2) is 48.5 Å². The van der Waals surface area contributed by atoms with E-state index in [-0.39, 0.29) is 36.8 Å². The molecular formula is C24H26N2O5. The fourth-order valence-electron chi connectivity index (χ4n) is 3.80. The summed E-state index contributed by atoms with van der Waals surface area (Å²) in [7, 11) is 0. The number of fused-ring (bicyclic) bond motifs is 1. The van der Waals surface area contributed by atoms with E-state index >= 15 is 0 Å². The highest BCUT2D eigenvalue weighted by molar-refractivity contribution is 6.21. The summed E-state index contributed by atoms with van der Waals surface area (Å²) in [6.07, 6.45) is 2.98. The van der Waals surface area contributed by atoms with E-state index < -0.39 is 0 Å². The van der Waals surface area contributed by atoms with E-state index in [2.05, 4.69) is 5.32 Å². The lowest BCUT2D eigenvalue weighted by Crippen LogP contribution is -2.32. The van der Waals surface area contributed by atoms with Crippen LogP contribution in [0.2, 0.25) is 0 Å². The smallest absolute Gasteiger partial charge is 0.261 e. The van der Waals surface area contributed by atoms with Crippen LogP contribution < -0.4 is 10.1 Å². The number of nitrogens with one attached hydrogen (secondary N) is 1. The van der Waals surface area contributed by atoms with Crippen molar-refractivity contribution in [3.05, 3.63) is 65.2 Å². The van der Waals surface area contributed by atoms with Gasteiger partial charge in [0.1, 0.15) is 12.4 Å². The van der Waals surface area contributed by atoms with Crippen LogP contribution in [0.5, 0.6) is 5.75 Å². The van der Waals surface area contributed by atoms with Gasteiger partial charge in [0.05, 0.1) is 17.2 Å². The molecule has 7 heteroatoms. The average Bonchev–Trinajstić information content (AvgIpc) is 3.40. The first kappa shape index (κ1) is 21.1. The zero-order valence-corrected chi connectivity index (χ0v) is 17.3. The topological polar surface area (TPSA) is 84.9 Å². The van der Waals surface area contributed by atoms with Crippen molar-refractivity contribution in [2.24, 2.45) is 0 Å². The lowest BCUT2D eigenvalue weighted by atomic mass is 10.1. The Hall–Kier alpha value is -3.19. The summed E-state index contributed by atoms with van der Waals surface area (Å²) in [5.41, 5.74) is 1.83. The van der Waals surface area contributed by atoms with E-state index in [0.717, 1.165) is 30.8 Å². The van der Waals surface area contributed by atoms with Crippen molar-refractivity contribution in [3.8, 4) is 5.75 Å². The fourth-order valence-corrected chi connectivity index (χ4v) is 3.80. The Kier molecular flexibility index (Phi) is 6.62. The van der Waals surface area contributed by atoms with Crippen molar-refractivity contribution in [1.29, 1.82) is 0 Å². The molecule has 2 aromatic carbocycles. The number of carbonyl (C=O) groups is 3. The van der Waals surface area contributed by atoms with E-state index in [9.17, 15) is 14.4 Å². The lowest BCUT2D eigenvalue weighted by Gasteiger charge is -2.13. The number of nitrogens with zero attached hydrogens (tertiary/aromatic N) is 1. The molecule has 1 N–H and O–H groups in total. The normalized spacial score (nSPS) is 17.7. The summed E-state index contributed by atoms with van der Waals surface area (Å²) in [6, 6.07) is 14.4. The van der Waals surface area contributed by atoms with E-state index in [1.165, 1.54) is 4.90 Å². The van der Waals surface area contributed by atoms with Crippen molar-refractivity contribution in [1.82, 2.24) is 10.2 Å². The summed E-state index contributed by atoms with van der Waals surface area (Å²) in [5.74, 6) is 0.0902. The van der Waals surface area contributed by atoms with E-state index in [0.29, 0.717) is 30.7 Å². The molecule has 4 rings (SSSR count). The van der Waals surface area contributed by atoms with Crippen molar-refractivity contribution < 1.29 is 23.9 Å². The molecule has 0 aromatic heterocycles. The summed E-state index contributed by atoms with van der Waals surface area (Å²) >= 11 is 0. The highest BCUT2D eigenvalue weighted by Crippen LogP contribution is 2.22. The van der Waals surface area contributed by atoms with Gasteiger partial charge in [-0.05, 0) is 49.1 Å². The summed E-state index contributed by atoms with van der Waals surface area (Å²) in [5, 5.41) is 2.87. The number of benzene rings is 2. The molecule has 7 nitrogen and oxygen atoms in total. The highest BCUT2D eigenvalue weighted by atomic mass is 16.5. The predicted molar refractivity (Wildman–Crippen MR) is 114 cm³/mol. The zero-order chi connectivity index (χ0) is 21.6. The third kappa shape index (κ3) is 5.11. The maximum atomic E-state index is 12.3. The molecule has 3 amide bonds. The van der Waals surface area contributed by atoms with Crippen LogP contribution in [0.15, 0.2) is 48.5 Å². The number of imide groups is 1. The van der Waals surface area contributed by atoms with Gasteiger partial charge in [0.25, 0.3) is 11.8 Å². The second-order valence-corrected chi connectivity index (χ2v) is 7.78. The minimum atomic E-state index is -0.289. The fraction of sp³-hybridized carbons (Fsp3) is 0.375. The molecule has 1 fully saturated rings. The van der Waals surface area contributed by atoms with Crippen LogP contribution in [0, 0.1) is 0 Å². The lowest BCUT2D eigenvalue weighted by molar-refractivity contribution is -0.121. The Bertz CT molecular complexity index is 916. The number of hydrogen-bond acceptors (Lipinski definition) is 5. The van der Waals surface area contributed by atoms with Crippen LogP contribution in [0.25, 0.3) is 0 Å². The summed E-state index contributed by atoms with van der Waals surface area (Å²) in [4.78, 5) is 38.0. The quantitative estimate of drug-likeness (QED) is 0.628. The first-order valence-corrected chi connectivity index (χ1v) is 10.7. The van der Waals surface area contributed by atoms with Crippen molar-refractivity contribution in [2.75, 3.05) is 19.8 Å². The molecule has 31 heavy (non-hydrogen) atoms. The second kappa shape index (κ2) is 9.75. The van der Waals surface area contributed by atoms with E-state index in [1.807, 2.05) is 24.3 Å². The Morgan fingerprint density at radius 1 is 1.06 bits per heavy atom. The maximum Gasteiger partial charge on any atom is 0.261 e. The Balaban J connectivity index is 1.16. The third-order valence-corrected chi connectivity index (χ3v) is 5.54.